The van der Waals surface area contributed by atoms with Crippen LogP contribution in [0.25, 0.3) is 6.08 Å². The van der Waals surface area contributed by atoms with Gasteiger partial charge in [0.2, 0.25) is 6.29 Å². The number of hydrogen-bond acceptors (Lipinski definition) is 7. The molecular formula is C15H18O8. The highest BCUT2D eigenvalue weighted by atomic mass is 16.7. The summed E-state index contributed by atoms with van der Waals surface area (Å²) in [6.45, 7) is -0.538. The van der Waals surface area contributed by atoms with Crippen molar-refractivity contribution in [3.8, 4) is 5.75 Å². The van der Waals surface area contributed by atoms with Crippen molar-refractivity contribution in [2.45, 2.75) is 30.7 Å². The number of aliphatic carboxylic acids is 1. The third kappa shape index (κ3) is 4.27. The fourth-order valence-corrected chi connectivity index (χ4v) is 2.12. The maximum absolute atomic E-state index is 10.4. The van der Waals surface area contributed by atoms with Gasteiger partial charge in [-0.05, 0) is 23.8 Å². The predicted octanol–water partition coefficient (Wildman–Crippen LogP) is -1.04. The fraction of sp³-hybridized carbons (Fsp3) is 0.400. The van der Waals surface area contributed by atoms with Gasteiger partial charge in [-0.25, -0.2) is 4.79 Å². The molecule has 0 aliphatic carbocycles. The van der Waals surface area contributed by atoms with Crippen LogP contribution < -0.4 is 4.74 Å². The summed E-state index contributed by atoms with van der Waals surface area (Å²) < 4.78 is 10.6. The van der Waals surface area contributed by atoms with E-state index in [0.29, 0.717) is 11.3 Å². The Hall–Kier alpha value is -1.97. The van der Waals surface area contributed by atoms with Gasteiger partial charge in [0.05, 0.1) is 6.61 Å². The fourth-order valence-electron chi connectivity index (χ4n) is 2.12. The molecule has 1 aromatic carbocycles. The Morgan fingerprint density at radius 1 is 1.13 bits per heavy atom. The van der Waals surface area contributed by atoms with Crippen LogP contribution in [-0.4, -0.2) is 68.8 Å². The van der Waals surface area contributed by atoms with Crippen molar-refractivity contribution in [1.82, 2.24) is 0 Å². The summed E-state index contributed by atoms with van der Waals surface area (Å²) in [6.07, 6.45) is -4.35. The molecule has 0 amide bonds. The highest BCUT2D eigenvalue weighted by Crippen LogP contribution is 2.24. The van der Waals surface area contributed by atoms with Crippen molar-refractivity contribution in [2.24, 2.45) is 0 Å². The van der Waals surface area contributed by atoms with E-state index < -0.39 is 43.3 Å². The van der Waals surface area contributed by atoms with E-state index >= 15 is 0 Å². The smallest absolute Gasteiger partial charge is 0.328 e. The van der Waals surface area contributed by atoms with E-state index in [1.165, 1.54) is 18.2 Å². The molecular weight excluding hydrogens is 308 g/mol. The Morgan fingerprint density at radius 2 is 1.78 bits per heavy atom. The molecule has 1 unspecified atom stereocenters. The zero-order valence-electron chi connectivity index (χ0n) is 12.0. The van der Waals surface area contributed by atoms with Crippen LogP contribution in [0, 0.1) is 0 Å². The van der Waals surface area contributed by atoms with E-state index in [1.807, 2.05) is 0 Å². The molecule has 0 radical (unpaired) electrons. The Balaban J connectivity index is 2.04. The highest BCUT2D eigenvalue weighted by Gasteiger charge is 2.44. The Morgan fingerprint density at radius 3 is 2.35 bits per heavy atom. The van der Waals surface area contributed by atoms with Crippen LogP contribution in [-0.2, 0) is 9.53 Å². The molecule has 2 rings (SSSR count). The van der Waals surface area contributed by atoms with Gasteiger partial charge in [-0.15, -0.1) is 0 Å². The number of carboxylic acid groups (broad SMARTS) is 1. The third-order valence-corrected chi connectivity index (χ3v) is 3.40. The van der Waals surface area contributed by atoms with E-state index in [2.05, 4.69) is 0 Å². The molecule has 8 nitrogen and oxygen atoms in total. The maximum Gasteiger partial charge on any atom is 0.328 e. The summed E-state index contributed by atoms with van der Waals surface area (Å²) in [7, 11) is 0. The first-order valence-electron chi connectivity index (χ1n) is 6.90. The largest absolute Gasteiger partial charge is 0.478 e. The standard InChI is InChI=1S/C15H18O8/c16-7-10-12(19)13(20)14(21)15(23-10)22-9-4-1-8(2-5-9)3-6-11(17)18/h1-6,10,12-16,19-21H,7H2,(H,17,18)/t10-,12-,13+,14-,15?/m1/s1. The molecule has 0 spiro atoms. The normalized spacial score (nSPS) is 31.2. The van der Waals surface area contributed by atoms with Crippen molar-refractivity contribution in [3.63, 3.8) is 0 Å². The summed E-state index contributed by atoms with van der Waals surface area (Å²) in [4.78, 5) is 10.4. The number of carbonyl (C=O) groups is 1. The van der Waals surface area contributed by atoms with E-state index in [-0.39, 0.29) is 0 Å². The minimum atomic E-state index is -1.51. The third-order valence-electron chi connectivity index (χ3n) is 3.40. The summed E-state index contributed by atoms with van der Waals surface area (Å²) in [5.74, 6) is -0.756. The van der Waals surface area contributed by atoms with Crippen LogP contribution in [0.5, 0.6) is 5.75 Å². The number of aliphatic hydroxyl groups excluding tert-OH is 4. The summed E-state index contributed by atoms with van der Waals surface area (Å²) in [5.41, 5.74) is 0.633. The summed E-state index contributed by atoms with van der Waals surface area (Å²) in [6, 6.07) is 6.25. The van der Waals surface area contributed by atoms with E-state index in [0.717, 1.165) is 6.08 Å². The number of aliphatic hydroxyl groups is 4. The lowest BCUT2D eigenvalue weighted by Crippen LogP contribution is -2.60. The van der Waals surface area contributed by atoms with Gasteiger partial charge in [0.15, 0.2) is 0 Å². The zero-order chi connectivity index (χ0) is 17.0. The van der Waals surface area contributed by atoms with Gasteiger partial charge in [0.25, 0.3) is 0 Å². The van der Waals surface area contributed by atoms with Crippen molar-refractivity contribution in [1.29, 1.82) is 0 Å². The molecule has 0 saturated carbocycles. The highest BCUT2D eigenvalue weighted by molar-refractivity contribution is 5.85. The molecule has 1 saturated heterocycles. The van der Waals surface area contributed by atoms with Crippen LogP contribution in [0.1, 0.15) is 5.56 Å². The van der Waals surface area contributed by atoms with Gasteiger partial charge < -0.3 is 35.0 Å². The van der Waals surface area contributed by atoms with Crippen molar-refractivity contribution in [3.05, 3.63) is 35.9 Å². The quantitative estimate of drug-likeness (QED) is 0.433. The van der Waals surface area contributed by atoms with Gasteiger partial charge in [-0.2, -0.15) is 0 Å². The number of hydrogen-bond donors (Lipinski definition) is 5. The predicted molar refractivity (Wildman–Crippen MR) is 77.5 cm³/mol. The molecule has 0 bridgehead atoms. The summed E-state index contributed by atoms with van der Waals surface area (Å²) in [5, 5.41) is 46.9. The molecule has 8 heteroatoms. The molecule has 1 aliphatic rings. The molecule has 126 valence electrons. The first kappa shape index (κ1) is 17.4. The second-order valence-electron chi connectivity index (χ2n) is 5.06. The van der Waals surface area contributed by atoms with E-state index in [1.54, 1.807) is 12.1 Å². The minimum Gasteiger partial charge on any atom is -0.478 e. The topological polar surface area (TPSA) is 137 Å². The van der Waals surface area contributed by atoms with Gasteiger partial charge in [0, 0.05) is 6.08 Å². The van der Waals surface area contributed by atoms with Gasteiger partial charge in [0.1, 0.15) is 30.2 Å². The maximum atomic E-state index is 10.4. The first-order valence-corrected chi connectivity index (χ1v) is 6.90. The lowest BCUT2D eigenvalue weighted by molar-refractivity contribution is -0.277. The number of carboxylic acids is 1. The van der Waals surface area contributed by atoms with Crippen LogP contribution in [0.3, 0.4) is 0 Å². The Kier molecular flexibility index (Phi) is 5.69. The van der Waals surface area contributed by atoms with E-state index in [9.17, 15) is 20.1 Å². The van der Waals surface area contributed by atoms with Crippen molar-refractivity contribution in [2.75, 3.05) is 6.61 Å². The van der Waals surface area contributed by atoms with Crippen molar-refractivity contribution < 1.29 is 39.8 Å². The lowest BCUT2D eigenvalue weighted by Gasteiger charge is -2.39. The zero-order valence-corrected chi connectivity index (χ0v) is 12.0. The van der Waals surface area contributed by atoms with Crippen LogP contribution in [0.4, 0.5) is 0 Å². The number of rotatable bonds is 5. The molecule has 23 heavy (non-hydrogen) atoms. The summed E-state index contributed by atoms with van der Waals surface area (Å²) >= 11 is 0. The van der Waals surface area contributed by atoms with Crippen molar-refractivity contribution >= 4 is 12.0 Å². The molecule has 0 aromatic heterocycles. The first-order chi connectivity index (χ1) is 10.9. The van der Waals surface area contributed by atoms with E-state index in [4.69, 9.17) is 19.7 Å². The minimum absolute atomic E-state index is 0.307. The number of benzene rings is 1. The Labute approximate surface area is 131 Å². The van der Waals surface area contributed by atoms with Crippen LogP contribution in [0.15, 0.2) is 30.3 Å². The molecule has 1 heterocycles. The molecule has 5 atom stereocenters. The van der Waals surface area contributed by atoms with Crippen LogP contribution >= 0.6 is 0 Å². The molecule has 1 aliphatic heterocycles. The van der Waals surface area contributed by atoms with Gasteiger partial charge in [-0.1, -0.05) is 12.1 Å². The monoisotopic (exact) mass is 326 g/mol. The van der Waals surface area contributed by atoms with Gasteiger partial charge >= 0.3 is 5.97 Å². The lowest BCUT2D eigenvalue weighted by atomic mass is 9.99. The molecule has 5 N–H and O–H groups in total. The molecule has 1 fully saturated rings. The molecule has 1 aromatic rings. The SMILES string of the molecule is O=C(O)C=Cc1ccc(OC2O[C@H](CO)[C@@H](O)[C@H](O)[C@H]2O)cc1. The second kappa shape index (κ2) is 7.53. The Bertz CT molecular complexity index is 553. The number of ether oxygens (including phenoxy) is 2. The van der Waals surface area contributed by atoms with Crippen LogP contribution in [0.2, 0.25) is 0 Å². The average molecular weight is 326 g/mol. The van der Waals surface area contributed by atoms with Gasteiger partial charge in [-0.3, -0.25) is 0 Å². The average Bonchev–Trinajstić information content (AvgIpc) is 2.54. The second-order valence-corrected chi connectivity index (χ2v) is 5.06.